The molecule has 0 radical (unpaired) electrons. The lowest BCUT2D eigenvalue weighted by Crippen LogP contribution is -2.42. The second kappa shape index (κ2) is 7.53. The molecule has 5 heteroatoms. The van der Waals surface area contributed by atoms with Crippen LogP contribution in [0.25, 0.3) is 0 Å². The van der Waals surface area contributed by atoms with Gasteiger partial charge in [0.1, 0.15) is 0 Å². The third kappa shape index (κ3) is 6.01. The van der Waals surface area contributed by atoms with Gasteiger partial charge in [-0.05, 0) is 12.5 Å². The number of aliphatic carboxylic acids is 1. The second-order valence-electron chi connectivity index (χ2n) is 4.51. The van der Waals surface area contributed by atoms with Crippen LogP contribution in [-0.4, -0.2) is 34.2 Å². The van der Waals surface area contributed by atoms with Gasteiger partial charge in [-0.1, -0.05) is 30.3 Å². The Bertz CT molecular complexity index is 419. The molecule has 104 valence electrons. The zero-order valence-electron chi connectivity index (χ0n) is 10.9. The van der Waals surface area contributed by atoms with E-state index in [1.54, 1.807) is 6.92 Å². The molecule has 0 saturated heterocycles. The van der Waals surface area contributed by atoms with Gasteiger partial charge >= 0.3 is 5.97 Å². The van der Waals surface area contributed by atoms with Crippen molar-refractivity contribution in [2.24, 2.45) is 0 Å². The quantitative estimate of drug-likeness (QED) is 0.685. The van der Waals surface area contributed by atoms with Crippen molar-refractivity contribution in [1.82, 2.24) is 5.32 Å². The molecule has 5 nitrogen and oxygen atoms in total. The molecule has 0 aromatic heterocycles. The van der Waals surface area contributed by atoms with Crippen LogP contribution in [0.1, 0.15) is 25.3 Å². The van der Waals surface area contributed by atoms with Gasteiger partial charge in [0.05, 0.1) is 18.6 Å². The van der Waals surface area contributed by atoms with E-state index in [0.717, 1.165) is 5.56 Å². The van der Waals surface area contributed by atoms with Gasteiger partial charge in [0.25, 0.3) is 0 Å². The monoisotopic (exact) mass is 265 g/mol. The summed E-state index contributed by atoms with van der Waals surface area (Å²) < 4.78 is 0. The van der Waals surface area contributed by atoms with Crippen molar-refractivity contribution in [2.45, 2.75) is 38.3 Å². The van der Waals surface area contributed by atoms with Crippen LogP contribution in [0, 0.1) is 0 Å². The van der Waals surface area contributed by atoms with E-state index in [1.165, 1.54) is 0 Å². The Morgan fingerprint density at radius 1 is 1.21 bits per heavy atom. The van der Waals surface area contributed by atoms with Crippen molar-refractivity contribution in [3.05, 3.63) is 35.9 Å². The van der Waals surface area contributed by atoms with Gasteiger partial charge in [-0.3, -0.25) is 9.59 Å². The molecule has 0 saturated carbocycles. The highest BCUT2D eigenvalue weighted by Crippen LogP contribution is 2.06. The van der Waals surface area contributed by atoms with Crippen LogP contribution in [0.3, 0.4) is 0 Å². The number of nitrogens with one attached hydrogen (secondary N) is 1. The number of hydrogen-bond acceptors (Lipinski definition) is 3. The number of carboxylic acids is 1. The van der Waals surface area contributed by atoms with Crippen LogP contribution in [0.4, 0.5) is 0 Å². The van der Waals surface area contributed by atoms with Crippen LogP contribution in [0.15, 0.2) is 30.3 Å². The zero-order valence-corrected chi connectivity index (χ0v) is 10.9. The van der Waals surface area contributed by atoms with Gasteiger partial charge in [0, 0.05) is 12.8 Å². The van der Waals surface area contributed by atoms with E-state index in [4.69, 9.17) is 5.11 Å². The molecular weight excluding hydrogens is 246 g/mol. The lowest BCUT2D eigenvalue weighted by molar-refractivity contribution is -0.139. The lowest BCUT2D eigenvalue weighted by Gasteiger charge is -2.20. The summed E-state index contributed by atoms with van der Waals surface area (Å²) in [6.07, 6.45) is -0.525. The minimum atomic E-state index is -1.01. The molecule has 0 heterocycles. The van der Waals surface area contributed by atoms with Crippen molar-refractivity contribution >= 4 is 11.9 Å². The van der Waals surface area contributed by atoms with Crippen LogP contribution < -0.4 is 5.32 Å². The highest BCUT2D eigenvalue weighted by molar-refractivity contribution is 5.80. The highest BCUT2D eigenvalue weighted by Gasteiger charge is 2.17. The van der Waals surface area contributed by atoms with Crippen LogP contribution in [-0.2, 0) is 16.0 Å². The number of carbonyl (C=O) groups is 2. The number of benzene rings is 1. The molecule has 19 heavy (non-hydrogen) atoms. The Hall–Kier alpha value is -1.88. The van der Waals surface area contributed by atoms with E-state index in [9.17, 15) is 14.7 Å². The maximum atomic E-state index is 11.4. The molecule has 3 N–H and O–H groups in total. The van der Waals surface area contributed by atoms with E-state index in [-0.39, 0.29) is 18.7 Å². The molecule has 0 aliphatic rings. The summed E-state index contributed by atoms with van der Waals surface area (Å²) in [4.78, 5) is 21.8. The smallest absolute Gasteiger partial charge is 0.303 e. The number of aliphatic hydroxyl groups excluding tert-OH is 1. The van der Waals surface area contributed by atoms with E-state index in [0.29, 0.717) is 6.42 Å². The molecule has 1 amide bonds. The summed E-state index contributed by atoms with van der Waals surface area (Å²) in [6, 6.07) is 9.06. The standard InChI is InChI=1S/C14H19NO4/c1-10(15-13(17)7-8-14(18)19)12(16)9-11-5-3-2-4-6-11/h2-6,10,12,16H,7-9H2,1H3,(H,15,17)(H,18,19). The molecule has 2 atom stereocenters. The summed E-state index contributed by atoms with van der Waals surface area (Å²) in [5.74, 6) is -1.37. The fourth-order valence-electron chi connectivity index (χ4n) is 1.68. The fourth-order valence-corrected chi connectivity index (χ4v) is 1.68. The summed E-state index contributed by atoms with van der Waals surface area (Å²) in [5, 5.41) is 21.0. The average molecular weight is 265 g/mol. The molecule has 0 spiro atoms. The maximum Gasteiger partial charge on any atom is 0.303 e. The third-order valence-electron chi connectivity index (χ3n) is 2.82. The number of carbonyl (C=O) groups excluding carboxylic acids is 1. The molecule has 1 aromatic carbocycles. The van der Waals surface area contributed by atoms with Crippen LogP contribution >= 0.6 is 0 Å². The Morgan fingerprint density at radius 3 is 2.42 bits per heavy atom. The molecule has 1 rings (SSSR count). The van der Waals surface area contributed by atoms with Crippen molar-refractivity contribution in [3.63, 3.8) is 0 Å². The lowest BCUT2D eigenvalue weighted by atomic mass is 10.0. The van der Waals surface area contributed by atoms with Gasteiger partial charge in [-0.2, -0.15) is 0 Å². The van der Waals surface area contributed by atoms with E-state index >= 15 is 0 Å². The fraction of sp³-hybridized carbons (Fsp3) is 0.429. The summed E-state index contributed by atoms with van der Waals surface area (Å²) in [5.41, 5.74) is 0.988. The van der Waals surface area contributed by atoms with Gasteiger partial charge in [0.2, 0.25) is 5.91 Å². The molecule has 0 aliphatic heterocycles. The van der Waals surface area contributed by atoms with Gasteiger partial charge < -0.3 is 15.5 Å². The van der Waals surface area contributed by atoms with Crippen molar-refractivity contribution in [2.75, 3.05) is 0 Å². The summed E-state index contributed by atoms with van der Waals surface area (Å²) >= 11 is 0. The first-order valence-electron chi connectivity index (χ1n) is 6.22. The first kappa shape index (κ1) is 15.2. The van der Waals surface area contributed by atoms with E-state index in [1.807, 2.05) is 30.3 Å². The van der Waals surface area contributed by atoms with Gasteiger partial charge in [-0.15, -0.1) is 0 Å². The van der Waals surface area contributed by atoms with Crippen LogP contribution in [0.5, 0.6) is 0 Å². The number of carboxylic acid groups (broad SMARTS) is 1. The van der Waals surface area contributed by atoms with Crippen molar-refractivity contribution in [1.29, 1.82) is 0 Å². The zero-order chi connectivity index (χ0) is 14.3. The van der Waals surface area contributed by atoms with Crippen molar-refractivity contribution in [3.8, 4) is 0 Å². The largest absolute Gasteiger partial charge is 0.481 e. The van der Waals surface area contributed by atoms with E-state index in [2.05, 4.69) is 5.32 Å². The first-order valence-corrected chi connectivity index (χ1v) is 6.22. The molecular formula is C14H19NO4. The summed E-state index contributed by atoms with van der Waals surface area (Å²) in [7, 11) is 0. The Labute approximate surface area is 112 Å². The first-order chi connectivity index (χ1) is 8.99. The normalized spacial score (nSPS) is 13.6. The van der Waals surface area contributed by atoms with Gasteiger partial charge in [-0.25, -0.2) is 0 Å². The Morgan fingerprint density at radius 2 is 1.84 bits per heavy atom. The minimum Gasteiger partial charge on any atom is -0.481 e. The van der Waals surface area contributed by atoms with E-state index < -0.39 is 18.1 Å². The predicted octanol–water partition coefficient (Wildman–Crippen LogP) is 0.959. The molecule has 2 unspecified atom stereocenters. The average Bonchev–Trinajstić information content (AvgIpc) is 2.37. The Kier molecular flexibility index (Phi) is 6.02. The van der Waals surface area contributed by atoms with Crippen LogP contribution in [0.2, 0.25) is 0 Å². The minimum absolute atomic E-state index is 0.0717. The summed E-state index contributed by atoms with van der Waals surface area (Å²) in [6.45, 7) is 1.70. The molecule has 0 aliphatic carbocycles. The number of hydrogen-bond donors (Lipinski definition) is 3. The third-order valence-corrected chi connectivity index (χ3v) is 2.82. The number of amides is 1. The SMILES string of the molecule is CC(NC(=O)CCC(=O)O)C(O)Cc1ccccc1. The molecule has 0 fully saturated rings. The highest BCUT2D eigenvalue weighted by atomic mass is 16.4. The van der Waals surface area contributed by atoms with Crippen molar-refractivity contribution < 1.29 is 19.8 Å². The number of rotatable bonds is 7. The second-order valence-corrected chi connectivity index (χ2v) is 4.51. The Balaban J connectivity index is 2.38. The van der Waals surface area contributed by atoms with Gasteiger partial charge in [0.15, 0.2) is 0 Å². The predicted molar refractivity (Wildman–Crippen MR) is 70.6 cm³/mol. The number of aliphatic hydroxyl groups is 1. The maximum absolute atomic E-state index is 11.4. The topological polar surface area (TPSA) is 86.6 Å². The molecule has 0 bridgehead atoms. The molecule has 1 aromatic rings.